The summed E-state index contributed by atoms with van der Waals surface area (Å²) in [5.74, 6) is 0. The summed E-state index contributed by atoms with van der Waals surface area (Å²) in [5.41, 5.74) is 1.77. The van der Waals surface area contributed by atoms with Crippen molar-refractivity contribution in [3.63, 3.8) is 0 Å². The first-order valence-electron chi connectivity index (χ1n) is 4.24. The van der Waals surface area contributed by atoms with Gasteiger partial charge in [-0.2, -0.15) is 0 Å². The van der Waals surface area contributed by atoms with E-state index in [1.807, 2.05) is 0 Å². The topological polar surface area (TPSA) is 0 Å². The van der Waals surface area contributed by atoms with Gasteiger partial charge in [0.05, 0.1) is 0 Å². The third-order valence-corrected chi connectivity index (χ3v) is 2.09. The molecule has 0 amide bonds. The molecule has 1 heteroatoms. The van der Waals surface area contributed by atoms with Crippen LogP contribution in [0.15, 0.2) is 23.8 Å². The second kappa shape index (κ2) is 2.54. The van der Waals surface area contributed by atoms with Gasteiger partial charge in [-0.25, -0.2) is 0 Å². The third kappa shape index (κ3) is 2.25. The second-order valence-corrected chi connectivity index (χ2v) is 5.00. The third-order valence-electron chi connectivity index (χ3n) is 2.09. The fourth-order valence-corrected chi connectivity index (χ4v) is 1.27. The van der Waals surface area contributed by atoms with Crippen molar-refractivity contribution < 1.29 is 0 Å². The molecule has 0 radical (unpaired) electrons. The summed E-state index contributed by atoms with van der Waals surface area (Å²) in [5, 5.41) is 0. The fourth-order valence-electron chi connectivity index (χ4n) is 1.27. The van der Waals surface area contributed by atoms with Crippen LogP contribution in [0.25, 0.3) is 0 Å². The van der Waals surface area contributed by atoms with Gasteiger partial charge in [0.25, 0.3) is 0 Å². The minimum absolute atomic E-state index is 0.280. The summed E-state index contributed by atoms with van der Waals surface area (Å²) in [6.45, 7) is 9.00. The summed E-state index contributed by atoms with van der Waals surface area (Å²) in [4.78, 5) is 0. The molecular formula is C10H15Li. The molecule has 56 valence electrons. The summed E-state index contributed by atoms with van der Waals surface area (Å²) in [6.07, 6.45) is 6.88. The van der Waals surface area contributed by atoms with E-state index in [-0.39, 0.29) is 4.09 Å². The number of allylic oxidation sites excluding steroid dienone is 4. The maximum atomic E-state index is 2.35. The first-order valence-corrected chi connectivity index (χ1v) is 4.24. The van der Waals surface area contributed by atoms with Crippen LogP contribution in [-0.4, -0.2) is 17.7 Å². The van der Waals surface area contributed by atoms with E-state index in [0.717, 1.165) is 0 Å². The van der Waals surface area contributed by atoms with Crippen LogP contribution in [0, 0.1) is 5.41 Å². The molecule has 0 bridgehead atoms. The van der Waals surface area contributed by atoms with Gasteiger partial charge >= 0.3 is 78.7 Å². The van der Waals surface area contributed by atoms with Gasteiger partial charge in [0.15, 0.2) is 0 Å². The van der Waals surface area contributed by atoms with E-state index in [1.54, 1.807) is 0 Å². The SMILES string of the molecule is [Li][C]1(C)C=CC(C(C)(C)C)=C1. The van der Waals surface area contributed by atoms with Crippen LogP contribution < -0.4 is 0 Å². The molecule has 0 saturated carbocycles. The second-order valence-electron chi connectivity index (χ2n) is 5.00. The number of hydrogen-bond donors (Lipinski definition) is 0. The van der Waals surface area contributed by atoms with Crippen molar-refractivity contribution in [1.82, 2.24) is 0 Å². The van der Waals surface area contributed by atoms with Crippen molar-refractivity contribution in [3.05, 3.63) is 23.8 Å². The van der Waals surface area contributed by atoms with E-state index < -0.39 is 0 Å². The van der Waals surface area contributed by atoms with Crippen LogP contribution in [0.2, 0.25) is 4.09 Å². The van der Waals surface area contributed by atoms with Crippen molar-refractivity contribution >= 4 is 17.7 Å². The van der Waals surface area contributed by atoms with E-state index in [1.165, 1.54) is 5.57 Å². The molecular weight excluding hydrogens is 127 g/mol. The molecule has 11 heavy (non-hydrogen) atoms. The van der Waals surface area contributed by atoms with Crippen molar-refractivity contribution in [2.75, 3.05) is 0 Å². The molecule has 0 aromatic carbocycles. The molecule has 0 heterocycles. The summed E-state index contributed by atoms with van der Waals surface area (Å²) >= 11 is 2.24. The summed E-state index contributed by atoms with van der Waals surface area (Å²) in [7, 11) is 0. The zero-order valence-electron chi connectivity index (χ0n) is 8.23. The molecule has 1 atom stereocenters. The first-order chi connectivity index (χ1) is 4.81. The van der Waals surface area contributed by atoms with E-state index in [4.69, 9.17) is 0 Å². The van der Waals surface area contributed by atoms with Crippen LogP contribution >= 0.6 is 0 Å². The van der Waals surface area contributed by atoms with Crippen molar-refractivity contribution in [2.24, 2.45) is 5.41 Å². The van der Waals surface area contributed by atoms with Crippen molar-refractivity contribution in [1.29, 1.82) is 0 Å². The van der Waals surface area contributed by atoms with Crippen LogP contribution in [0.5, 0.6) is 0 Å². The van der Waals surface area contributed by atoms with E-state index >= 15 is 0 Å². The Morgan fingerprint density at radius 2 is 1.91 bits per heavy atom. The standard InChI is InChI=1S/C10H15.Li/c1-8-5-6-9(7-8)10(2,3)4;/h5-7H,1-4H3;. The molecule has 0 aromatic heterocycles. The zero-order chi connectivity index (χ0) is 8.70. The van der Waals surface area contributed by atoms with Crippen LogP contribution in [0.4, 0.5) is 0 Å². The van der Waals surface area contributed by atoms with Crippen molar-refractivity contribution in [2.45, 2.75) is 31.8 Å². The predicted octanol–water partition coefficient (Wildman–Crippen LogP) is 2.88. The van der Waals surface area contributed by atoms with E-state index in [0.29, 0.717) is 5.41 Å². The summed E-state index contributed by atoms with van der Waals surface area (Å²) in [6, 6.07) is 0. The Kier molecular flexibility index (Phi) is 2.12. The quantitative estimate of drug-likeness (QED) is 0.456. The van der Waals surface area contributed by atoms with E-state index in [2.05, 4.69) is 63.6 Å². The van der Waals surface area contributed by atoms with Gasteiger partial charge in [-0.05, 0) is 0 Å². The van der Waals surface area contributed by atoms with Gasteiger partial charge in [0.2, 0.25) is 0 Å². The Bertz CT molecular complexity index is 214. The van der Waals surface area contributed by atoms with Crippen LogP contribution in [0.3, 0.4) is 0 Å². The molecule has 1 rings (SSSR count). The van der Waals surface area contributed by atoms with Gasteiger partial charge in [-0.1, -0.05) is 0 Å². The fraction of sp³-hybridized carbons (Fsp3) is 0.600. The molecule has 0 N–H and O–H groups in total. The zero-order valence-corrected chi connectivity index (χ0v) is 8.23. The van der Waals surface area contributed by atoms with E-state index in [9.17, 15) is 0 Å². The van der Waals surface area contributed by atoms with Gasteiger partial charge in [0.1, 0.15) is 0 Å². The Morgan fingerprint density at radius 1 is 1.36 bits per heavy atom. The van der Waals surface area contributed by atoms with Gasteiger partial charge < -0.3 is 0 Å². The summed E-state index contributed by atoms with van der Waals surface area (Å²) < 4.78 is 0.280. The molecule has 0 nitrogen and oxygen atoms in total. The molecule has 0 saturated heterocycles. The molecule has 1 unspecified atom stereocenters. The Labute approximate surface area is 79.0 Å². The average Bonchev–Trinajstić information content (AvgIpc) is 2.07. The number of rotatable bonds is 0. The average molecular weight is 142 g/mol. The predicted molar refractivity (Wildman–Crippen MR) is 50.8 cm³/mol. The first kappa shape index (κ1) is 9.17. The molecule has 0 spiro atoms. The van der Waals surface area contributed by atoms with Gasteiger partial charge in [0, 0.05) is 0 Å². The maximum absolute atomic E-state index is 2.35. The molecule has 0 aliphatic heterocycles. The molecule has 0 aromatic rings. The van der Waals surface area contributed by atoms with Crippen LogP contribution in [-0.2, 0) is 0 Å². The monoisotopic (exact) mass is 142 g/mol. The Balaban J connectivity index is 2.89. The van der Waals surface area contributed by atoms with Gasteiger partial charge in [-0.15, -0.1) is 0 Å². The minimum atomic E-state index is 0.280. The molecule has 0 fully saturated rings. The Hall–Kier alpha value is 0.0774. The van der Waals surface area contributed by atoms with Crippen LogP contribution in [0.1, 0.15) is 27.7 Å². The Morgan fingerprint density at radius 3 is 2.09 bits per heavy atom. The number of hydrogen-bond acceptors (Lipinski definition) is 0. The van der Waals surface area contributed by atoms with Crippen molar-refractivity contribution in [3.8, 4) is 0 Å². The normalized spacial score (nSPS) is 30.9. The molecule has 1 aliphatic rings. The molecule has 1 aliphatic carbocycles. The van der Waals surface area contributed by atoms with Gasteiger partial charge in [-0.3, -0.25) is 0 Å².